The summed E-state index contributed by atoms with van der Waals surface area (Å²) in [5.41, 5.74) is 0.887. The van der Waals surface area contributed by atoms with Crippen molar-refractivity contribution in [2.24, 2.45) is 5.10 Å². The maximum atomic E-state index is 12.2. The molecule has 10 nitrogen and oxygen atoms in total. The van der Waals surface area contributed by atoms with Crippen molar-refractivity contribution in [3.05, 3.63) is 86.0 Å². The van der Waals surface area contributed by atoms with Crippen molar-refractivity contribution < 1.29 is 19.7 Å². The Morgan fingerprint density at radius 1 is 1.04 bits per heavy atom. The zero-order chi connectivity index (χ0) is 20.3. The van der Waals surface area contributed by atoms with Crippen LogP contribution in [0.15, 0.2) is 59.7 Å². The molecule has 3 rings (SSSR count). The Hall–Kier alpha value is -4.34. The lowest BCUT2D eigenvalue weighted by atomic mass is 10.0. The molecule has 0 aliphatic carbocycles. The number of carbonyl (C=O) groups excluding carboxylic acids is 1. The third-order valence-corrected chi connectivity index (χ3v) is 3.94. The smallest absolute Gasteiger partial charge is 0.289 e. The van der Waals surface area contributed by atoms with E-state index >= 15 is 0 Å². The van der Waals surface area contributed by atoms with Crippen LogP contribution in [0.25, 0.3) is 10.8 Å². The Morgan fingerprint density at radius 3 is 2.50 bits per heavy atom. The molecular weight excluding hydrogens is 368 g/mol. The van der Waals surface area contributed by atoms with Crippen molar-refractivity contribution in [2.75, 3.05) is 0 Å². The van der Waals surface area contributed by atoms with Crippen molar-refractivity contribution in [2.45, 2.75) is 0 Å². The number of nitrogens with zero attached hydrogens (tertiary/aromatic N) is 3. The normalized spacial score (nSPS) is 10.9. The second kappa shape index (κ2) is 7.50. The standard InChI is InChI=1S/C18H12N4O6/c23-17-8-5-11-3-1-2-4-13(11)15(17)10-19-20-18(24)14-7-6-12(21(25)26)9-16(14)22(27)28/h1-10,23H,(H,20,24). The van der Waals surface area contributed by atoms with Crippen LogP contribution in [0.4, 0.5) is 11.4 Å². The molecule has 28 heavy (non-hydrogen) atoms. The van der Waals surface area contributed by atoms with Gasteiger partial charge in [-0.05, 0) is 22.9 Å². The van der Waals surface area contributed by atoms with E-state index in [1.54, 1.807) is 18.2 Å². The molecule has 0 unspecified atom stereocenters. The van der Waals surface area contributed by atoms with E-state index in [9.17, 15) is 30.1 Å². The summed E-state index contributed by atoms with van der Waals surface area (Å²) >= 11 is 0. The number of hydrazone groups is 1. The summed E-state index contributed by atoms with van der Waals surface area (Å²) in [6, 6.07) is 13.1. The topological polar surface area (TPSA) is 148 Å². The Bertz CT molecular complexity index is 1140. The summed E-state index contributed by atoms with van der Waals surface area (Å²) < 4.78 is 0. The van der Waals surface area contributed by atoms with Crippen LogP contribution in [0.3, 0.4) is 0 Å². The minimum atomic E-state index is -0.919. The van der Waals surface area contributed by atoms with Gasteiger partial charge in [0.05, 0.1) is 22.1 Å². The number of benzene rings is 3. The predicted octanol–water partition coefficient (Wildman–Crippen LogP) is 3.13. The van der Waals surface area contributed by atoms with Crippen molar-refractivity contribution >= 4 is 34.3 Å². The van der Waals surface area contributed by atoms with Gasteiger partial charge in [-0.3, -0.25) is 25.0 Å². The van der Waals surface area contributed by atoms with E-state index in [0.29, 0.717) is 17.0 Å². The number of aromatic hydroxyl groups is 1. The summed E-state index contributed by atoms with van der Waals surface area (Å²) in [6.07, 6.45) is 1.22. The van der Waals surface area contributed by atoms with Crippen molar-refractivity contribution in [1.29, 1.82) is 0 Å². The van der Waals surface area contributed by atoms with Crippen LogP contribution in [0.2, 0.25) is 0 Å². The van der Waals surface area contributed by atoms with E-state index in [2.05, 4.69) is 10.5 Å². The molecule has 1 amide bonds. The molecule has 140 valence electrons. The van der Waals surface area contributed by atoms with Gasteiger partial charge in [-0.1, -0.05) is 30.3 Å². The van der Waals surface area contributed by atoms with Gasteiger partial charge in [0, 0.05) is 11.6 Å². The Kier molecular flexibility index (Phi) is 4.94. The molecule has 2 N–H and O–H groups in total. The minimum absolute atomic E-state index is 0.0574. The Labute approximate surface area is 157 Å². The fourth-order valence-corrected chi connectivity index (χ4v) is 2.61. The minimum Gasteiger partial charge on any atom is -0.507 e. The van der Waals surface area contributed by atoms with Crippen LogP contribution in [0.1, 0.15) is 15.9 Å². The van der Waals surface area contributed by atoms with Crippen molar-refractivity contribution in [3.8, 4) is 5.75 Å². The van der Waals surface area contributed by atoms with Gasteiger partial charge in [0.15, 0.2) is 0 Å². The maximum Gasteiger partial charge on any atom is 0.289 e. The lowest BCUT2D eigenvalue weighted by Crippen LogP contribution is -2.19. The summed E-state index contributed by atoms with van der Waals surface area (Å²) in [5.74, 6) is -0.976. The number of rotatable bonds is 5. The number of hydrogen-bond acceptors (Lipinski definition) is 7. The first-order valence-electron chi connectivity index (χ1n) is 7.85. The van der Waals surface area contributed by atoms with Gasteiger partial charge in [0.1, 0.15) is 11.3 Å². The highest BCUT2D eigenvalue weighted by Crippen LogP contribution is 2.26. The highest BCUT2D eigenvalue weighted by molar-refractivity contribution is 6.03. The van der Waals surface area contributed by atoms with Crippen LogP contribution in [-0.2, 0) is 0 Å². The predicted molar refractivity (Wildman–Crippen MR) is 100 cm³/mol. The van der Waals surface area contributed by atoms with E-state index in [1.807, 2.05) is 12.1 Å². The Balaban J connectivity index is 1.88. The van der Waals surface area contributed by atoms with E-state index < -0.39 is 27.1 Å². The third-order valence-electron chi connectivity index (χ3n) is 3.94. The molecule has 0 aromatic heterocycles. The number of nitro groups is 2. The average Bonchev–Trinajstić information content (AvgIpc) is 2.68. The maximum absolute atomic E-state index is 12.2. The van der Waals surface area contributed by atoms with Crippen molar-refractivity contribution in [3.63, 3.8) is 0 Å². The SMILES string of the molecule is O=C(NN=Cc1c(O)ccc2ccccc12)c1ccc([N+](=O)[O-])cc1[N+](=O)[O-]. The van der Waals surface area contributed by atoms with Crippen LogP contribution in [-0.4, -0.2) is 27.1 Å². The zero-order valence-electron chi connectivity index (χ0n) is 14.1. The summed E-state index contributed by atoms with van der Waals surface area (Å²) in [5, 5.41) is 37.2. The molecule has 3 aromatic rings. The van der Waals surface area contributed by atoms with Crippen molar-refractivity contribution in [1.82, 2.24) is 5.43 Å². The quantitative estimate of drug-likeness (QED) is 0.395. The molecule has 3 aromatic carbocycles. The number of amides is 1. The number of nitrogens with one attached hydrogen (secondary N) is 1. The molecule has 0 saturated carbocycles. The Morgan fingerprint density at radius 2 is 1.79 bits per heavy atom. The summed E-state index contributed by atoms with van der Waals surface area (Å²) in [6.45, 7) is 0. The molecule has 0 radical (unpaired) electrons. The van der Waals surface area contributed by atoms with Crippen LogP contribution < -0.4 is 5.43 Å². The lowest BCUT2D eigenvalue weighted by molar-refractivity contribution is -0.394. The van der Waals surface area contributed by atoms with E-state index in [4.69, 9.17) is 0 Å². The van der Waals surface area contributed by atoms with Gasteiger partial charge in [-0.25, -0.2) is 5.43 Å². The fourth-order valence-electron chi connectivity index (χ4n) is 2.61. The highest BCUT2D eigenvalue weighted by atomic mass is 16.6. The second-order valence-electron chi connectivity index (χ2n) is 5.63. The molecule has 0 saturated heterocycles. The third kappa shape index (κ3) is 3.60. The van der Waals surface area contributed by atoms with Gasteiger partial charge in [-0.15, -0.1) is 0 Å². The van der Waals surface area contributed by atoms with Gasteiger partial charge in [0.2, 0.25) is 0 Å². The molecule has 0 atom stereocenters. The molecule has 0 spiro atoms. The number of phenolic OH excluding ortho intramolecular Hbond substituents is 1. The molecular formula is C18H12N4O6. The molecule has 0 heterocycles. The number of non-ortho nitro benzene ring substituents is 1. The van der Waals surface area contributed by atoms with E-state index in [-0.39, 0.29) is 11.3 Å². The van der Waals surface area contributed by atoms with E-state index in [1.165, 1.54) is 12.3 Å². The van der Waals surface area contributed by atoms with Gasteiger partial charge in [0.25, 0.3) is 17.3 Å². The first-order chi connectivity index (χ1) is 13.4. The number of hydrogen-bond donors (Lipinski definition) is 2. The monoisotopic (exact) mass is 380 g/mol. The average molecular weight is 380 g/mol. The molecule has 0 aliphatic heterocycles. The summed E-state index contributed by atoms with van der Waals surface area (Å²) in [7, 11) is 0. The lowest BCUT2D eigenvalue weighted by Gasteiger charge is -2.05. The first kappa shape index (κ1) is 18.5. The number of fused-ring (bicyclic) bond motifs is 1. The molecule has 10 heteroatoms. The molecule has 0 bridgehead atoms. The summed E-state index contributed by atoms with van der Waals surface area (Å²) in [4.78, 5) is 32.4. The second-order valence-corrected chi connectivity index (χ2v) is 5.63. The molecule has 0 aliphatic rings. The zero-order valence-corrected chi connectivity index (χ0v) is 14.1. The van der Waals surface area contributed by atoms with Crippen LogP contribution in [0.5, 0.6) is 5.75 Å². The number of carbonyl (C=O) groups is 1. The fraction of sp³-hybridized carbons (Fsp3) is 0. The van der Waals surface area contributed by atoms with Gasteiger partial charge < -0.3 is 5.11 Å². The molecule has 0 fully saturated rings. The highest BCUT2D eigenvalue weighted by Gasteiger charge is 2.23. The van der Waals surface area contributed by atoms with Gasteiger partial charge in [-0.2, -0.15) is 5.10 Å². The largest absolute Gasteiger partial charge is 0.507 e. The first-order valence-corrected chi connectivity index (χ1v) is 7.85. The van der Waals surface area contributed by atoms with Gasteiger partial charge >= 0.3 is 0 Å². The number of nitro benzene ring substituents is 2. The van der Waals surface area contributed by atoms with Crippen LogP contribution in [0, 0.1) is 20.2 Å². The van der Waals surface area contributed by atoms with E-state index in [0.717, 1.165) is 17.5 Å². The number of phenols is 1. The van der Waals surface area contributed by atoms with Crippen LogP contribution >= 0.6 is 0 Å².